The van der Waals surface area contributed by atoms with Crippen LogP contribution < -0.4 is 10.6 Å². The molecule has 0 bridgehead atoms. The van der Waals surface area contributed by atoms with E-state index in [9.17, 15) is 4.79 Å². The van der Waals surface area contributed by atoms with Crippen LogP contribution in [0.15, 0.2) is 22.8 Å². The van der Waals surface area contributed by atoms with Gasteiger partial charge in [-0.2, -0.15) is 0 Å². The van der Waals surface area contributed by atoms with E-state index < -0.39 is 0 Å². The fraction of sp³-hybridized carbons (Fsp3) is 0.615. The lowest BCUT2D eigenvalue weighted by Gasteiger charge is -2.12. The van der Waals surface area contributed by atoms with Crippen LogP contribution in [0.5, 0.6) is 0 Å². The van der Waals surface area contributed by atoms with E-state index in [2.05, 4.69) is 10.6 Å². The van der Waals surface area contributed by atoms with Crippen molar-refractivity contribution in [2.45, 2.75) is 32.2 Å². The molecule has 0 saturated carbocycles. The first kappa shape index (κ1) is 12.2. The van der Waals surface area contributed by atoms with Crippen LogP contribution >= 0.6 is 0 Å². The minimum atomic E-state index is -0.0424. The summed E-state index contributed by atoms with van der Waals surface area (Å²) in [5.74, 6) is 1.58. The zero-order chi connectivity index (χ0) is 12.1. The quantitative estimate of drug-likeness (QED) is 0.820. The highest BCUT2D eigenvalue weighted by molar-refractivity contribution is 5.76. The maximum Gasteiger partial charge on any atom is 0.220 e. The van der Waals surface area contributed by atoms with Gasteiger partial charge in [-0.25, -0.2) is 0 Å². The number of carbonyl (C=O) groups excluding carboxylic acids is 1. The van der Waals surface area contributed by atoms with E-state index in [4.69, 9.17) is 4.42 Å². The summed E-state index contributed by atoms with van der Waals surface area (Å²) in [4.78, 5) is 11.7. The molecule has 1 aliphatic heterocycles. The van der Waals surface area contributed by atoms with Crippen molar-refractivity contribution >= 4 is 5.91 Å². The van der Waals surface area contributed by atoms with Gasteiger partial charge in [-0.05, 0) is 50.9 Å². The first-order valence-electron chi connectivity index (χ1n) is 6.29. The van der Waals surface area contributed by atoms with Crippen LogP contribution in [-0.4, -0.2) is 19.0 Å². The molecule has 1 amide bonds. The van der Waals surface area contributed by atoms with E-state index in [1.807, 2.05) is 19.1 Å². The average Bonchev–Trinajstić information content (AvgIpc) is 2.99. The minimum absolute atomic E-state index is 0.0424. The van der Waals surface area contributed by atoms with E-state index in [1.165, 1.54) is 6.42 Å². The van der Waals surface area contributed by atoms with Gasteiger partial charge >= 0.3 is 0 Å². The van der Waals surface area contributed by atoms with Crippen molar-refractivity contribution in [1.29, 1.82) is 0 Å². The molecule has 94 valence electrons. The van der Waals surface area contributed by atoms with Gasteiger partial charge in [-0.3, -0.25) is 4.79 Å². The molecule has 2 N–H and O–H groups in total. The first-order chi connectivity index (χ1) is 8.25. The summed E-state index contributed by atoms with van der Waals surface area (Å²) in [5, 5.41) is 6.27. The average molecular weight is 236 g/mol. The van der Waals surface area contributed by atoms with Gasteiger partial charge in [-0.15, -0.1) is 0 Å². The molecule has 17 heavy (non-hydrogen) atoms. The van der Waals surface area contributed by atoms with Crippen LogP contribution in [0.4, 0.5) is 0 Å². The number of rotatable bonds is 5. The van der Waals surface area contributed by atoms with Crippen LogP contribution in [0.2, 0.25) is 0 Å². The predicted molar refractivity (Wildman–Crippen MR) is 65.5 cm³/mol. The number of amides is 1. The smallest absolute Gasteiger partial charge is 0.220 e. The van der Waals surface area contributed by atoms with Gasteiger partial charge < -0.3 is 15.1 Å². The molecule has 0 radical (unpaired) electrons. The van der Waals surface area contributed by atoms with Crippen LogP contribution in [0.1, 0.15) is 38.0 Å². The molecule has 0 aliphatic carbocycles. The minimum Gasteiger partial charge on any atom is -0.467 e. The second kappa shape index (κ2) is 5.87. The topological polar surface area (TPSA) is 54.3 Å². The molecule has 2 rings (SSSR count). The number of furan rings is 1. The van der Waals surface area contributed by atoms with Gasteiger partial charge in [0.05, 0.1) is 12.3 Å². The molecule has 4 nitrogen and oxygen atoms in total. The lowest BCUT2D eigenvalue weighted by atomic mass is 10.0. The van der Waals surface area contributed by atoms with E-state index in [-0.39, 0.29) is 11.9 Å². The fourth-order valence-electron chi connectivity index (χ4n) is 2.22. The van der Waals surface area contributed by atoms with Crippen molar-refractivity contribution in [2.24, 2.45) is 5.92 Å². The third-order valence-electron chi connectivity index (χ3n) is 3.29. The third kappa shape index (κ3) is 3.60. The Hall–Kier alpha value is -1.29. The van der Waals surface area contributed by atoms with Crippen LogP contribution in [0.3, 0.4) is 0 Å². The molecular weight excluding hydrogens is 216 g/mol. The highest BCUT2D eigenvalue weighted by atomic mass is 16.3. The summed E-state index contributed by atoms with van der Waals surface area (Å²) in [6, 6.07) is 3.67. The van der Waals surface area contributed by atoms with Gasteiger partial charge in [-0.1, -0.05) is 0 Å². The van der Waals surface area contributed by atoms with Crippen molar-refractivity contribution < 1.29 is 9.21 Å². The molecule has 1 aliphatic rings. The first-order valence-corrected chi connectivity index (χ1v) is 6.29. The van der Waals surface area contributed by atoms with Gasteiger partial charge in [0.25, 0.3) is 0 Å². The molecule has 1 aromatic rings. The maximum atomic E-state index is 11.7. The molecule has 1 saturated heterocycles. The van der Waals surface area contributed by atoms with E-state index in [0.29, 0.717) is 12.3 Å². The lowest BCUT2D eigenvalue weighted by Crippen LogP contribution is -2.26. The van der Waals surface area contributed by atoms with Crippen LogP contribution in [-0.2, 0) is 4.79 Å². The molecule has 1 unspecified atom stereocenters. The van der Waals surface area contributed by atoms with E-state index >= 15 is 0 Å². The van der Waals surface area contributed by atoms with Gasteiger partial charge in [0.1, 0.15) is 5.76 Å². The molecule has 4 heteroatoms. The largest absolute Gasteiger partial charge is 0.467 e. The Labute approximate surface area is 102 Å². The van der Waals surface area contributed by atoms with E-state index in [1.54, 1.807) is 6.26 Å². The maximum absolute atomic E-state index is 11.7. The van der Waals surface area contributed by atoms with Crippen molar-refractivity contribution in [3.8, 4) is 0 Å². The Bertz CT molecular complexity index is 342. The molecule has 2 heterocycles. The normalized spacial score (nSPS) is 21.4. The Kier molecular flexibility index (Phi) is 4.20. The van der Waals surface area contributed by atoms with Crippen molar-refractivity contribution in [1.82, 2.24) is 10.6 Å². The van der Waals surface area contributed by atoms with Crippen molar-refractivity contribution in [2.75, 3.05) is 13.1 Å². The second-order valence-electron chi connectivity index (χ2n) is 4.70. The Balaban J connectivity index is 1.69. The zero-order valence-corrected chi connectivity index (χ0v) is 10.2. The van der Waals surface area contributed by atoms with Crippen molar-refractivity contribution in [3.05, 3.63) is 24.2 Å². The Morgan fingerprint density at radius 1 is 1.71 bits per heavy atom. The molecular formula is C13H20N2O2. The number of hydrogen-bond acceptors (Lipinski definition) is 3. The van der Waals surface area contributed by atoms with Crippen LogP contribution in [0.25, 0.3) is 0 Å². The highest BCUT2D eigenvalue weighted by Crippen LogP contribution is 2.16. The second-order valence-corrected chi connectivity index (χ2v) is 4.70. The monoisotopic (exact) mass is 236 g/mol. The summed E-state index contributed by atoms with van der Waals surface area (Å²) < 4.78 is 5.25. The molecule has 0 aromatic carbocycles. The standard InChI is InChI=1S/C13H20N2O2/c1-10(12-3-2-8-17-12)15-13(16)5-4-11-6-7-14-9-11/h2-3,8,10-11,14H,4-7,9H2,1H3,(H,15,16)/t10-,11?/m0/s1. The Morgan fingerprint density at radius 3 is 3.24 bits per heavy atom. The van der Waals surface area contributed by atoms with E-state index in [0.717, 1.165) is 25.3 Å². The van der Waals surface area contributed by atoms with Gasteiger partial charge in [0.2, 0.25) is 5.91 Å². The summed E-state index contributed by atoms with van der Waals surface area (Å²) in [6.45, 7) is 4.09. The summed E-state index contributed by atoms with van der Waals surface area (Å²) >= 11 is 0. The number of hydrogen-bond donors (Lipinski definition) is 2. The van der Waals surface area contributed by atoms with Gasteiger partial charge in [0, 0.05) is 6.42 Å². The predicted octanol–water partition coefficient (Wildman–Crippen LogP) is 1.85. The summed E-state index contributed by atoms with van der Waals surface area (Å²) in [5.41, 5.74) is 0. The Morgan fingerprint density at radius 2 is 2.59 bits per heavy atom. The number of carbonyl (C=O) groups is 1. The molecule has 1 fully saturated rings. The fourth-order valence-corrected chi connectivity index (χ4v) is 2.22. The number of nitrogens with one attached hydrogen (secondary N) is 2. The van der Waals surface area contributed by atoms with Gasteiger partial charge in [0.15, 0.2) is 0 Å². The van der Waals surface area contributed by atoms with Crippen LogP contribution in [0, 0.1) is 5.92 Å². The molecule has 0 spiro atoms. The highest BCUT2D eigenvalue weighted by Gasteiger charge is 2.17. The third-order valence-corrected chi connectivity index (χ3v) is 3.29. The lowest BCUT2D eigenvalue weighted by molar-refractivity contribution is -0.122. The zero-order valence-electron chi connectivity index (χ0n) is 10.2. The summed E-state index contributed by atoms with van der Waals surface area (Å²) in [7, 11) is 0. The molecule has 1 aromatic heterocycles. The SMILES string of the molecule is C[C@H](NC(=O)CCC1CCNC1)c1ccco1. The molecule has 2 atom stereocenters. The van der Waals surface area contributed by atoms with Crippen molar-refractivity contribution in [3.63, 3.8) is 0 Å². The summed E-state index contributed by atoms with van der Waals surface area (Å²) in [6.07, 6.45) is 4.41.